The van der Waals surface area contributed by atoms with Crippen molar-refractivity contribution in [3.63, 3.8) is 0 Å². The molecule has 0 radical (unpaired) electrons. The van der Waals surface area contributed by atoms with Crippen LogP contribution in [-0.2, 0) is 21.2 Å². The van der Waals surface area contributed by atoms with Crippen LogP contribution in [0.1, 0.15) is 12.0 Å². The zero-order valence-electron chi connectivity index (χ0n) is 13.3. The third-order valence-electron chi connectivity index (χ3n) is 3.42. The molecule has 0 atom stereocenters. The normalized spacial score (nSPS) is 11.3. The Labute approximate surface area is 154 Å². The van der Waals surface area contributed by atoms with Crippen LogP contribution < -0.4 is 10.0 Å². The molecular weight excluding hydrogens is 411 g/mol. The number of benzene rings is 2. The number of halogens is 2. The molecule has 0 aromatic heterocycles. The number of sulfonamides is 1. The fraction of sp³-hybridized carbons (Fsp3) is 0.235. The van der Waals surface area contributed by atoms with Gasteiger partial charge < -0.3 is 5.32 Å². The first kappa shape index (κ1) is 19.6. The summed E-state index contributed by atoms with van der Waals surface area (Å²) in [5.74, 6) is -0.550. The monoisotopic (exact) mass is 428 g/mol. The van der Waals surface area contributed by atoms with Crippen molar-refractivity contribution >= 4 is 31.9 Å². The highest BCUT2D eigenvalue weighted by Crippen LogP contribution is 2.14. The van der Waals surface area contributed by atoms with Crippen molar-refractivity contribution in [3.8, 4) is 0 Å². The molecule has 25 heavy (non-hydrogen) atoms. The SMILES string of the molecule is O=C(CCNS(=O)(=O)c1ccc(Br)cc1)NCCc1ccc(F)cc1. The van der Waals surface area contributed by atoms with Crippen molar-refractivity contribution in [1.82, 2.24) is 10.0 Å². The average Bonchev–Trinajstić information content (AvgIpc) is 2.57. The van der Waals surface area contributed by atoms with E-state index in [4.69, 9.17) is 0 Å². The second-order valence-corrected chi connectivity index (χ2v) is 8.01. The number of carbonyl (C=O) groups is 1. The van der Waals surface area contributed by atoms with Crippen molar-refractivity contribution in [2.75, 3.05) is 13.1 Å². The van der Waals surface area contributed by atoms with Crippen LogP contribution in [0.15, 0.2) is 57.9 Å². The molecule has 0 aliphatic heterocycles. The fourth-order valence-electron chi connectivity index (χ4n) is 2.08. The molecule has 1 amide bonds. The highest BCUT2D eigenvalue weighted by Gasteiger charge is 2.13. The molecule has 0 aliphatic rings. The van der Waals surface area contributed by atoms with Crippen LogP contribution in [0.25, 0.3) is 0 Å². The molecule has 0 saturated heterocycles. The first-order valence-electron chi connectivity index (χ1n) is 7.63. The molecule has 0 unspecified atom stereocenters. The van der Waals surface area contributed by atoms with E-state index in [1.54, 1.807) is 24.3 Å². The maximum atomic E-state index is 12.8. The minimum atomic E-state index is -3.63. The van der Waals surface area contributed by atoms with Crippen LogP contribution in [0.3, 0.4) is 0 Å². The third kappa shape index (κ3) is 6.56. The van der Waals surface area contributed by atoms with Gasteiger partial charge in [-0.2, -0.15) is 0 Å². The lowest BCUT2D eigenvalue weighted by atomic mass is 10.1. The molecule has 2 aromatic rings. The summed E-state index contributed by atoms with van der Waals surface area (Å²) in [7, 11) is -3.63. The van der Waals surface area contributed by atoms with E-state index in [0.29, 0.717) is 13.0 Å². The van der Waals surface area contributed by atoms with Crippen molar-refractivity contribution in [1.29, 1.82) is 0 Å². The Bertz CT molecular complexity index is 809. The summed E-state index contributed by atoms with van der Waals surface area (Å²) in [5.41, 5.74) is 0.914. The summed E-state index contributed by atoms with van der Waals surface area (Å²) in [4.78, 5) is 11.9. The minimum absolute atomic E-state index is 0.0147. The van der Waals surface area contributed by atoms with E-state index in [2.05, 4.69) is 26.0 Å². The van der Waals surface area contributed by atoms with Gasteiger partial charge in [0.1, 0.15) is 5.82 Å². The highest BCUT2D eigenvalue weighted by molar-refractivity contribution is 9.10. The number of amides is 1. The van der Waals surface area contributed by atoms with Crippen LogP contribution in [0.2, 0.25) is 0 Å². The van der Waals surface area contributed by atoms with Crippen LogP contribution in [0.4, 0.5) is 4.39 Å². The number of nitrogens with one attached hydrogen (secondary N) is 2. The summed E-state index contributed by atoms with van der Waals surface area (Å²) in [6.07, 6.45) is 0.621. The van der Waals surface area contributed by atoms with Gasteiger partial charge in [-0.3, -0.25) is 4.79 Å². The highest BCUT2D eigenvalue weighted by atomic mass is 79.9. The summed E-state index contributed by atoms with van der Waals surface area (Å²) >= 11 is 3.24. The van der Waals surface area contributed by atoms with E-state index in [-0.39, 0.29) is 29.6 Å². The van der Waals surface area contributed by atoms with Crippen LogP contribution in [0, 0.1) is 5.82 Å². The van der Waals surface area contributed by atoms with E-state index in [0.717, 1.165) is 10.0 Å². The van der Waals surface area contributed by atoms with Crippen molar-refractivity contribution in [3.05, 3.63) is 64.4 Å². The smallest absolute Gasteiger partial charge is 0.240 e. The van der Waals surface area contributed by atoms with Crippen molar-refractivity contribution in [2.45, 2.75) is 17.7 Å². The van der Waals surface area contributed by atoms with Gasteiger partial charge in [-0.1, -0.05) is 28.1 Å². The number of hydrogen-bond acceptors (Lipinski definition) is 3. The van der Waals surface area contributed by atoms with Gasteiger partial charge in [-0.25, -0.2) is 17.5 Å². The number of rotatable bonds is 8. The molecular formula is C17H18BrFN2O3S. The summed E-state index contributed by atoms with van der Waals surface area (Å²) in [6.45, 7) is 0.421. The molecule has 2 rings (SSSR count). The molecule has 0 spiro atoms. The largest absolute Gasteiger partial charge is 0.356 e. The van der Waals surface area contributed by atoms with E-state index in [1.807, 2.05) is 0 Å². The zero-order chi connectivity index (χ0) is 18.3. The van der Waals surface area contributed by atoms with Crippen molar-refractivity contribution in [2.24, 2.45) is 0 Å². The topological polar surface area (TPSA) is 75.3 Å². The lowest BCUT2D eigenvalue weighted by Gasteiger charge is -2.08. The maximum Gasteiger partial charge on any atom is 0.240 e. The molecule has 8 heteroatoms. The van der Waals surface area contributed by atoms with E-state index >= 15 is 0 Å². The van der Waals surface area contributed by atoms with Gasteiger partial charge in [-0.15, -0.1) is 0 Å². The molecule has 0 bridgehead atoms. The summed E-state index contributed by atoms with van der Waals surface area (Å²) in [5, 5.41) is 2.71. The fourth-order valence-corrected chi connectivity index (χ4v) is 3.38. The molecule has 5 nitrogen and oxygen atoms in total. The van der Waals surface area contributed by atoms with Gasteiger partial charge in [0.2, 0.25) is 15.9 Å². The average molecular weight is 429 g/mol. The van der Waals surface area contributed by atoms with Gasteiger partial charge in [0, 0.05) is 24.0 Å². The number of hydrogen-bond donors (Lipinski definition) is 2. The molecule has 0 fully saturated rings. The van der Waals surface area contributed by atoms with Crippen LogP contribution in [0.5, 0.6) is 0 Å². The zero-order valence-corrected chi connectivity index (χ0v) is 15.7. The first-order valence-corrected chi connectivity index (χ1v) is 9.91. The second-order valence-electron chi connectivity index (χ2n) is 5.33. The second kappa shape index (κ2) is 9.07. The molecule has 0 aliphatic carbocycles. The van der Waals surface area contributed by atoms with Gasteiger partial charge >= 0.3 is 0 Å². The Hall–Kier alpha value is -1.77. The Balaban J connectivity index is 1.71. The van der Waals surface area contributed by atoms with E-state index < -0.39 is 10.0 Å². The molecule has 2 aromatic carbocycles. The standard InChI is InChI=1S/C17H18BrFN2O3S/c18-14-3-7-16(8-4-14)25(23,24)21-12-10-17(22)20-11-9-13-1-5-15(19)6-2-13/h1-8,21H,9-12H2,(H,20,22). The molecule has 0 heterocycles. The lowest BCUT2D eigenvalue weighted by Crippen LogP contribution is -2.31. The summed E-state index contributed by atoms with van der Waals surface area (Å²) < 4.78 is 40.1. The van der Waals surface area contributed by atoms with Gasteiger partial charge in [-0.05, 0) is 48.4 Å². The van der Waals surface area contributed by atoms with Crippen LogP contribution in [-0.4, -0.2) is 27.4 Å². The summed E-state index contributed by atoms with van der Waals surface area (Å²) in [6, 6.07) is 12.3. The van der Waals surface area contributed by atoms with Crippen LogP contribution >= 0.6 is 15.9 Å². The predicted molar refractivity (Wildman–Crippen MR) is 97.1 cm³/mol. The lowest BCUT2D eigenvalue weighted by molar-refractivity contribution is -0.120. The molecule has 0 saturated carbocycles. The minimum Gasteiger partial charge on any atom is -0.356 e. The van der Waals surface area contributed by atoms with Crippen molar-refractivity contribution < 1.29 is 17.6 Å². The number of carbonyl (C=O) groups excluding carboxylic acids is 1. The van der Waals surface area contributed by atoms with Gasteiger partial charge in [0.25, 0.3) is 0 Å². The first-order chi connectivity index (χ1) is 11.9. The van der Waals surface area contributed by atoms with E-state index in [9.17, 15) is 17.6 Å². The van der Waals surface area contributed by atoms with E-state index in [1.165, 1.54) is 24.3 Å². The van der Waals surface area contributed by atoms with Gasteiger partial charge in [0.05, 0.1) is 4.90 Å². The quantitative estimate of drug-likeness (QED) is 0.678. The maximum absolute atomic E-state index is 12.8. The Morgan fingerprint density at radius 2 is 1.64 bits per heavy atom. The Morgan fingerprint density at radius 3 is 2.28 bits per heavy atom. The Morgan fingerprint density at radius 1 is 1.00 bits per heavy atom. The third-order valence-corrected chi connectivity index (χ3v) is 5.42. The van der Waals surface area contributed by atoms with Gasteiger partial charge in [0.15, 0.2) is 0 Å². The molecule has 134 valence electrons. The predicted octanol–water partition coefficient (Wildman–Crippen LogP) is 2.62. The Kier molecular flexibility index (Phi) is 7.10. The molecule has 2 N–H and O–H groups in total.